The van der Waals surface area contributed by atoms with Gasteiger partial charge in [-0.15, -0.1) is 0 Å². The van der Waals surface area contributed by atoms with E-state index < -0.39 is 19.9 Å². The maximum atomic E-state index is 12.8. The number of sulfone groups is 1. The van der Waals surface area contributed by atoms with E-state index in [1.807, 2.05) is 0 Å². The molecule has 2 heterocycles. The van der Waals surface area contributed by atoms with Gasteiger partial charge in [0.1, 0.15) is 4.90 Å². The van der Waals surface area contributed by atoms with Crippen LogP contribution in [0.25, 0.3) is 0 Å². The third kappa shape index (κ3) is 4.20. The summed E-state index contributed by atoms with van der Waals surface area (Å²) < 4.78 is 53.3. The van der Waals surface area contributed by atoms with Gasteiger partial charge in [0.15, 0.2) is 9.84 Å². The Morgan fingerprint density at radius 3 is 2.69 bits per heavy atom. The summed E-state index contributed by atoms with van der Waals surface area (Å²) in [4.78, 5) is 0.180. The number of allylic oxidation sites excluding steroid dienone is 1. The first-order valence-corrected chi connectivity index (χ1v) is 12.4. The molecular weight excluding hydrogens is 374 g/mol. The summed E-state index contributed by atoms with van der Waals surface area (Å²) in [6.07, 6.45) is 7.94. The van der Waals surface area contributed by atoms with Crippen molar-refractivity contribution in [3.63, 3.8) is 0 Å². The van der Waals surface area contributed by atoms with Crippen molar-refractivity contribution in [2.75, 3.05) is 18.1 Å². The van der Waals surface area contributed by atoms with Gasteiger partial charge in [-0.25, -0.2) is 21.6 Å². The maximum Gasteiger partial charge on any atom is 0.244 e. The zero-order valence-corrected chi connectivity index (χ0v) is 17.0. The quantitative estimate of drug-likeness (QED) is 0.736. The topological polar surface area (TPSA) is 98.1 Å². The van der Waals surface area contributed by atoms with Gasteiger partial charge in [-0.05, 0) is 52.4 Å². The molecule has 1 saturated heterocycles. The van der Waals surface area contributed by atoms with Gasteiger partial charge in [0.05, 0.1) is 28.9 Å². The molecule has 1 aromatic rings. The molecule has 2 aliphatic rings. The molecule has 0 radical (unpaired) electrons. The molecule has 1 aliphatic heterocycles. The summed E-state index contributed by atoms with van der Waals surface area (Å²) >= 11 is 0. The molecule has 9 heteroatoms. The number of nitrogens with zero attached hydrogens (tertiary/aromatic N) is 2. The Morgan fingerprint density at radius 2 is 2.08 bits per heavy atom. The first-order chi connectivity index (χ1) is 12.2. The lowest BCUT2D eigenvalue weighted by Crippen LogP contribution is -2.26. The first-order valence-electron chi connectivity index (χ1n) is 9.13. The van der Waals surface area contributed by atoms with Crippen molar-refractivity contribution in [3.05, 3.63) is 23.0 Å². The summed E-state index contributed by atoms with van der Waals surface area (Å²) in [6, 6.07) is -0.282. The van der Waals surface area contributed by atoms with Gasteiger partial charge < -0.3 is 0 Å². The Kier molecular flexibility index (Phi) is 5.60. The van der Waals surface area contributed by atoms with Crippen molar-refractivity contribution in [2.45, 2.75) is 63.3 Å². The van der Waals surface area contributed by atoms with Gasteiger partial charge in [-0.2, -0.15) is 5.10 Å². The summed E-state index contributed by atoms with van der Waals surface area (Å²) in [6.45, 7) is 3.73. The molecule has 1 fully saturated rings. The molecule has 146 valence electrons. The van der Waals surface area contributed by atoms with E-state index in [-0.39, 0.29) is 22.4 Å². The smallest absolute Gasteiger partial charge is 0.244 e. The van der Waals surface area contributed by atoms with Crippen LogP contribution in [0.1, 0.15) is 56.0 Å². The molecule has 1 N–H and O–H groups in total. The number of nitrogens with one attached hydrogen (secondary N) is 1. The molecule has 1 aliphatic carbocycles. The Labute approximate surface area is 155 Å². The van der Waals surface area contributed by atoms with E-state index in [0.29, 0.717) is 24.4 Å². The number of sulfonamides is 1. The van der Waals surface area contributed by atoms with Crippen molar-refractivity contribution in [1.82, 2.24) is 14.5 Å². The summed E-state index contributed by atoms with van der Waals surface area (Å²) in [7, 11) is -6.73. The third-order valence-corrected chi connectivity index (χ3v) is 8.67. The molecule has 1 atom stereocenters. The Balaban J connectivity index is 1.74. The minimum atomic E-state index is -3.67. The van der Waals surface area contributed by atoms with Crippen LogP contribution < -0.4 is 4.72 Å². The second-order valence-corrected chi connectivity index (χ2v) is 11.2. The van der Waals surface area contributed by atoms with E-state index in [1.165, 1.54) is 18.4 Å². The van der Waals surface area contributed by atoms with Crippen LogP contribution in [-0.4, -0.2) is 44.7 Å². The predicted octanol–water partition coefficient (Wildman–Crippen LogP) is 2.03. The maximum absolute atomic E-state index is 12.8. The van der Waals surface area contributed by atoms with Crippen molar-refractivity contribution in [2.24, 2.45) is 0 Å². The summed E-state index contributed by atoms with van der Waals surface area (Å²) in [5.74, 6) is 0.154. The average Bonchev–Trinajstić information content (AvgIpc) is 3.07. The van der Waals surface area contributed by atoms with Gasteiger partial charge in [0, 0.05) is 6.54 Å². The lowest BCUT2D eigenvalue weighted by atomic mass is 9.97. The van der Waals surface area contributed by atoms with Crippen LogP contribution in [0, 0.1) is 13.8 Å². The van der Waals surface area contributed by atoms with Gasteiger partial charge in [-0.3, -0.25) is 4.68 Å². The number of aryl methyl sites for hydroxylation is 1. The monoisotopic (exact) mass is 401 g/mol. The molecule has 1 aromatic heterocycles. The molecule has 0 spiro atoms. The predicted molar refractivity (Wildman–Crippen MR) is 100 cm³/mol. The van der Waals surface area contributed by atoms with Gasteiger partial charge in [-0.1, -0.05) is 11.6 Å². The number of hydrogen-bond acceptors (Lipinski definition) is 5. The molecule has 3 rings (SSSR count). The fraction of sp³-hybridized carbons (Fsp3) is 0.706. The minimum Gasteiger partial charge on any atom is -0.264 e. The average molecular weight is 402 g/mol. The third-order valence-electron chi connectivity index (χ3n) is 5.20. The van der Waals surface area contributed by atoms with E-state index in [1.54, 1.807) is 18.5 Å². The second-order valence-electron chi connectivity index (χ2n) is 7.26. The normalized spacial score (nSPS) is 23.2. The fourth-order valence-electron chi connectivity index (χ4n) is 3.91. The largest absolute Gasteiger partial charge is 0.264 e. The van der Waals surface area contributed by atoms with E-state index in [2.05, 4.69) is 15.9 Å². The zero-order valence-electron chi connectivity index (χ0n) is 15.4. The summed E-state index contributed by atoms with van der Waals surface area (Å²) in [5, 5.41) is 4.34. The SMILES string of the molecule is Cc1nn([C@H]2CCS(=O)(=O)C2)c(C)c1S(=O)(=O)NCCC1=CCCCC1. The molecule has 26 heavy (non-hydrogen) atoms. The van der Waals surface area contributed by atoms with E-state index >= 15 is 0 Å². The van der Waals surface area contributed by atoms with Crippen LogP contribution in [0.15, 0.2) is 16.5 Å². The lowest BCUT2D eigenvalue weighted by Gasteiger charge is -2.14. The number of aromatic nitrogens is 2. The minimum absolute atomic E-state index is 0.0238. The van der Waals surface area contributed by atoms with Crippen molar-refractivity contribution >= 4 is 19.9 Å². The molecule has 0 aromatic carbocycles. The van der Waals surface area contributed by atoms with Crippen molar-refractivity contribution in [1.29, 1.82) is 0 Å². The first kappa shape index (κ1) is 19.6. The van der Waals surface area contributed by atoms with E-state index in [4.69, 9.17) is 0 Å². The van der Waals surface area contributed by atoms with Crippen LogP contribution in [-0.2, 0) is 19.9 Å². The van der Waals surface area contributed by atoms with Crippen LogP contribution in [0.4, 0.5) is 0 Å². The highest BCUT2D eigenvalue weighted by molar-refractivity contribution is 7.91. The van der Waals surface area contributed by atoms with E-state index in [0.717, 1.165) is 19.3 Å². The Bertz CT molecular complexity index is 914. The van der Waals surface area contributed by atoms with Crippen LogP contribution in [0.3, 0.4) is 0 Å². The number of hydrogen-bond donors (Lipinski definition) is 1. The molecule has 0 saturated carbocycles. The van der Waals surface area contributed by atoms with Gasteiger partial charge in [0.25, 0.3) is 0 Å². The van der Waals surface area contributed by atoms with Crippen LogP contribution >= 0.6 is 0 Å². The Hall–Kier alpha value is -1.19. The van der Waals surface area contributed by atoms with E-state index in [9.17, 15) is 16.8 Å². The molecular formula is C17H27N3O4S2. The lowest BCUT2D eigenvalue weighted by molar-refractivity contribution is 0.484. The standard InChI is InChI=1S/C17H27N3O4S2/c1-13-17(14(2)20(19-13)16-9-11-25(21,22)12-16)26(23,24)18-10-8-15-6-4-3-5-7-15/h6,16,18H,3-5,7-12H2,1-2H3/t16-/m0/s1. The number of rotatable bonds is 6. The fourth-order valence-corrected chi connectivity index (χ4v) is 7.03. The Morgan fingerprint density at radius 1 is 1.31 bits per heavy atom. The highest BCUT2D eigenvalue weighted by atomic mass is 32.2. The molecule has 0 amide bonds. The summed E-state index contributed by atoms with van der Waals surface area (Å²) in [5.41, 5.74) is 2.24. The van der Waals surface area contributed by atoms with Gasteiger partial charge in [0.2, 0.25) is 10.0 Å². The molecule has 0 bridgehead atoms. The highest BCUT2D eigenvalue weighted by Crippen LogP contribution is 2.28. The highest BCUT2D eigenvalue weighted by Gasteiger charge is 2.33. The van der Waals surface area contributed by atoms with Crippen LogP contribution in [0.5, 0.6) is 0 Å². The van der Waals surface area contributed by atoms with Gasteiger partial charge >= 0.3 is 0 Å². The zero-order chi connectivity index (χ0) is 18.9. The van der Waals surface area contributed by atoms with Crippen LogP contribution in [0.2, 0.25) is 0 Å². The van der Waals surface area contributed by atoms with Crippen molar-refractivity contribution < 1.29 is 16.8 Å². The molecule has 7 nitrogen and oxygen atoms in total. The molecule has 0 unspecified atom stereocenters. The second kappa shape index (κ2) is 7.44. The van der Waals surface area contributed by atoms with Crippen molar-refractivity contribution in [3.8, 4) is 0 Å².